The molecule has 2 aliphatic heterocycles. The van der Waals surface area contributed by atoms with Crippen molar-refractivity contribution in [3.8, 4) is 0 Å². The molecule has 2 saturated heterocycles. The number of aryl methyl sites for hydroxylation is 1. The van der Waals surface area contributed by atoms with Crippen molar-refractivity contribution in [2.75, 3.05) is 31.1 Å². The van der Waals surface area contributed by atoms with Crippen molar-refractivity contribution < 1.29 is 0 Å². The first kappa shape index (κ1) is 15.8. The molecule has 1 atom stereocenters. The number of hydrogen-bond donors (Lipinski definition) is 1. The second-order valence-electron chi connectivity index (χ2n) is 7.20. The lowest BCUT2D eigenvalue weighted by Crippen LogP contribution is -2.47. The van der Waals surface area contributed by atoms with Crippen molar-refractivity contribution in [2.45, 2.75) is 58.2 Å². The van der Waals surface area contributed by atoms with Gasteiger partial charge in [0, 0.05) is 44.0 Å². The molecule has 0 aromatic carbocycles. The summed E-state index contributed by atoms with van der Waals surface area (Å²) in [5.74, 6) is 1.14. The summed E-state index contributed by atoms with van der Waals surface area (Å²) in [7, 11) is 0. The summed E-state index contributed by atoms with van der Waals surface area (Å²) in [6, 6.07) is 6.36. The largest absolute Gasteiger partial charge is 0.357 e. The molecule has 0 unspecified atom stereocenters. The van der Waals surface area contributed by atoms with E-state index in [0.29, 0.717) is 18.1 Å². The molecule has 2 fully saturated rings. The first-order valence-electron chi connectivity index (χ1n) is 8.79. The van der Waals surface area contributed by atoms with E-state index >= 15 is 0 Å². The molecule has 22 heavy (non-hydrogen) atoms. The van der Waals surface area contributed by atoms with Gasteiger partial charge in [-0.05, 0) is 58.2 Å². The molecule has 3 rings (SSSR count). The average Bonchev–Trinajstić information content (AvgIpc) is 2.98. The normalized spacial score (nSPS) is 24.4. The van der Waals surface area contributed by atoms with Gasteiger partial charge in [0.2, 0.25) is 0 Å². The lowest BCUT2D eigenvalue weighted by atomic mass is 10.0. The van der Waals surface area contributed by atoms with Gasteiger partial charge in [-0.15, -0.1) is 0 Å². The zero-order valence-corrected chi connectivity index (χ0v) is 14.3. The van der Waals surface area contributed by atoms with Crippen LogP contribution in [0.15, 0.2) is 18.3 Å². The molecule has 1 N–H and O–H groups in total. The number of aromatic nitrogens is 1. The lowest BCUT2D eigenvalue weighted by molar-refractivity contribution is 0.262. The molecule has 1 aromatic rings. The summed E-state index contributed by atoms with van der Waals surface area (Å²) in [4.78, 5) is 9.57. The number of nitrogens with zero attached hydrogens (tertiary/aromatic N) is 3. The molecule has 122 valence electrons. The quantitative estimate of drug-likeness (QED) is 0.925. The highest BCUT2D eigenvalue weighted by molar-refractivity contribution is 5.39. The Labute approximate surface area is 134 Å². The van der Waals surface area contributed by atoms with Gasteiger partial charge in [0.25, 0.3) is 0 Å². The molecule has 0 spiro atoms. The number of rotatable bonds is 4. The third kappa shape index (κ3) is 3.79. The third-order valence-electron chi connectivity index (χ3n) is 5.14. The minimum Gasteiger partial charge on any atom is -0.357 e. The van der Waals surface area contributed by atoms with E-state index in [1.54, 1.807) is 0 Å². The molecule has 0 saturated carbocycles. The maximum Gasteiger partial charge on any atom is 0.128 e. The Morgan fingerprint density at radius 3 is 2.41 bits per heavy atom. The highest BCUT2D eigenvalue weighted by atomic mass is 15.2. The van der Waals surface area contributed by atoms with Crippen LogP contribution in [0.2, 0.25) is 0 Å². The predicted octanol–water partition coefficient (Wildman–Crippen LogP) is 2.43. The lowest BCUT2D eigenvalue weighted by Gasteiger charge is -2.34. The molecule has 1 aromatic heterocycles. The second-order valence-corrected chi connectivity index (χ2v) is 7.20. The highest BCUT2D eigenvalue weighted by Crippen LogP contribution is 2.20. The molecule has 0 radical (unpaired) electrons. The Bertz CT molecular complexity index is 462. The molecular formula is C18H30N4. The monoisotopic (exact) mass is 302 g/mol. The van der Waals surface area contributed by atoms with Crippen LogP contribution in [-0.4, -0.2) is 54.2 Å². The van der Waals surface area contributed by atoms with Gasteiger partial charge in [-0.1, -0.05) is 6.07 Å². The van der Waals surface area contributed by atoms with Crippen LogP contribution in [0.4, 0.5) is 5.82 Å². The topological polar surface area (TPSA) is 31.4 Å². The molecule has 0 bridgehead atoms. The van der Waals surface area contributed by atoms with Gasteiger partial charge in [-0.2, -0.15) is 0 Å². The summed E-state index contributed by atoms with van der Waals surface area (Å²) in [6.45, 7) is 11.4. The van der Waals surface area contributed by atoms with E-state index in [2.05, 4.69) is 53.0 Å². The molecule has 0 amide bonds. The number of nitrogens with one attached hydrogen (secondary N) is 1. The highest BCUT2D eigenvalue weighted by Gasteiger charge is 2.27. The summed E-state index contributed by atoms with van der Waals surface area (Å²) in [5, 5.41) is 3.90. The van der Waals surface area contributed by atoms with Gasteiger partial charge in [-0.3, -0.25) is 4.90 Å². The number of hydrogen-bond acceptors (Lipinski definition) is 4. The van der Waals surface area contributed by atoms with E-state index in [0.717, 1.165) is 18.9 Å². The van der Waals surface area contributed by atoms with Gasteiger partial charge in [0.15, 0.2) is 0 Å². The summed E-state index contributed by atoms with van der Waals surface area (Å²) < 4.78 is 0. The summed E-state index contributed by atoms with van der Waals surface area (Å²) >= 11 is 0. The van der Waals surface area contributed by atoms with Crippen LogP contribution in [0.25, 0.3) is 0 Å². The minimum absolute atomic E-state index is 0.679. The van der Waals surface area contributed by atoms with Crippen molar-refractivity contribution in [1.82, 2.24) is 15.2 Å². The maximum absolute atomic E-state index is 4.56. The molecule has 0 aliphatic carbocycles. The molecule has 2 aliphatic rings. The van der Waals surface area contributed by atoms with Crippen molar-refractivity contribution >= 4 is 5.82 Å². The fourth-order valence-corrected chi connectivity index (χ4v) is 3.65. The number of pyridine rings is 1. The Kier molecular flexibility index (Phi) is 4.99. The maximum atomic E-state index is 4.56. The Balaban J connectivity index is 1.45. The van der Waals surface area contributed by atoms with Crippen LogP contribution in [0.5, 0.6) is 0 Å². The number of likely N-dealkylation sites (tertiary alicyclic amines) is 1. The first-order valence-corrected chi connectivity index (χ1v) is 8.79. The third-order valence-corrected chi connectivity index (χ3v) is 5.14. The van der Waals surface area contributed by atoms with E-state index in [9.17, 15) is 0 Å². The number of piperidine rings is 1. The smallest absolute Gasteiger partial charge is 0.128 e. The van der Waals surface area contributed by atoms with Crippen molar-refractivity contribution in [3.63, 3.8) is 0 Å². The minimum atomic E-state index is 0.679. The molecule has 3 heterocycles. The van der Waals surface area contributed by atoms with E-state index in [4.69, 9.17) is 0 Å². The van der Waals surface area contributed by atoms with Crippen LogP contribution in [0.1, 0.15) is 38.7 Å². The van der Waals surface area contributed by atoms with Gasteiger partial charge in [0.1, 0.15) is 5.82 Å². The standard InChI is InChI=1S/C18H30N4/c1-14(2)22-11-8-17(13-22)20-16-6-9-21(10-7-16)18-5-4-15(3)12-19-18/h4-5,12,14,16-17,20H,6-11,13H2,1-3H3/t17-/m0/s1. The van der Waals surface area contributed by atoms with Gasteiger partial charge in [-0.25, -0.2) is 4.98 Å². The van der Waals surface area contributed by atoms with Crippen LogP contribution >= 0.6 is 0 Å². The molecular weight excluding hydrogens is 272 g/mol. The van der Waals surface area contributed by atoms with E-state index in [1.165, 1.54) is 37.9 Å². The Morgan fingerprint density at radius 1 is 1.09 bits per heavy atom. The molecule has 4 heteroatoms. The SMILES string of the molecule is Cc1ccc(N2CCC(N[C@H]3CCN(C(C)C)C3)CC2)nc1. The van der Waals surface area contributed by atoms with Gasteiger partial charge < -0.3 is 10.2 Å². The van der Waals surface area contributed by atoms with Crippen LogP contribution in [-0.2, 0) is 0 Å². The molecule has 4 nitrogen and oxygen atoms in total. The first-order chi connectivity index (χ1) is 10.6. The fraction of sp³-hybridized carbons (Fsp3) is 0.722. The Morgan fingerprint density at radius 2 is 1.82 bits per heavy atom. The van der Waals surface area contributed by atoms with Crippen molar-refractivity contribution in [1.29, 1.82) is 0 Å². The van der Waals surface area contributed by atoms with Gasteiger partial charge >= 0.3 is 0 Å². The van der Waals surface area contributed by atoms with Crippen molar-refractivity contribution in [2.24, 2.45) is 0 Å². The van der Waals surface area contributed by atoms with Crippen LogP contribution in [0, 0.1) is 6.92 Å². The zero-order valence-electron chi connectivity index (χ0n) is 14.3. The summed E-state index contributed by atoms with van der Waals surface area (Å²) in [5.41, 5.74) is 1.23. The van der Waals surface area contributed by atoms with Crippen LogP contribution < -0.4 is 10.2 Å². The number of anilines is 1. The van der Waals surface area contributed by atoms with Crippen molar-refractivity contribution in [3.05, 3.63) is 23.9 Å². The van der Waals surface area contributed by atoms with E-state index in [1.807, 2.05) is 6.20 Å². The predicted molar refractivity (Wildman–Crippen MR) is 92.5 cm³/mol. The fourth-order valence-electron chi connectivity index (χ4n) is 3.65. The van der Waals surface area contributed by atoms with E-state index < -0.39 is 0 Å². The zero-order chi connectivity index (χ0) is 15.5. The van der Waals surface area contributed by atoms with E-state index in [-0.39, 0.29) is 0 Å². The average molecular weight is 302 g/mol. The van der Waals surface area contributed by atoms with Crippen LogP contribution in [0.3, 0.4) is 0 Å². The van der Waals surface area contributed by atoms with Gasteiger partial charge in [0.05, 0.1) is 0 Å². The second kappa shape index (κ2) is 6.97. The summed E-state index contributed by atoms with van der Waals surface area (Å²) in [6.07, 6.45) is 5.73. The Hall–Kier alpha value is -1.13.